The van der Waals surface area contributed by atoms with Crippen LogP contribution in [-0.2, 0) is 0 Å². The number of hydrogen-bond acceptors (Lipinski definition) is 2. The largest absolute Gasteiger partial charge is 0.264 e. The smallest absolute Gasteiger partial charge is 0.0747 e. The monoisotopic (exact) mass is 548 g/mol. The van der Waals surface area contributed by atoms with Crippen LogP contribution in [0.5, 0.6) is 0 Å². The fourth-order valence-electron chi connectivity index (χ4n) is 6.49. The average Bonchev–Trinajstić information content (AvgIpc) is 3.07. The van der Waals surface area contributed by atoms with Gasteiger partial charge in [-0.2, -0.15) is 0 Å². The van der Waals surface area contributed by atoms with Crippen molar-refractivity contribution in [3.05, 3.63) is 158 Å². The zero-order valence-corrected chi connectivity index (χ0v) is 23.8. The summed E-state index contributed by atoms with van der Waals surface area (Å²) in [6, 6.07) is 48.2. The Hall–Kier alpha value is -5.60. The van der Waals surface area contributed by atoms with Gasteiger partial charge in [-0.1, -0.05) is 103 Å². The lowest BCUT2D eigenvalue weighted by atomic mass is 9.85. The Balaban J connectivity index is 1.33. The van der Waals surface area contributed by atoms with Crippen LogP contribution in [0.1, 0.15) is 5.56 Å². The molecule has 6 aromatic carbocycles. The summed E-state index contributed by atoms with van der Waals surface area (Å²) in [5.41, 5.74) is 10.4. The molecule has 2 nitrogen and oxygen atoms in total. The van der Waals surface area contributed by atoms with Gasteiger partial charge in [0, 0.05) is 29.7 Å². The van der Waals surface area contributed by atoms with E-state index in [4.69, 9.17) is 4.98 Å². The number of nitrogens with zero attached hydrogens (tertiary/aromatic N) is 2. The van der Waals surface area contributed by atoms with E-state index >= 15 is 0 Å². The summed E-state index contributed by atoms with van der Waals surface area (Å²) in [5.74, 6) is 0. The second-order valence-corrected chi connectivity index (χ2v) is 11.1. The highest BCUT2D eigenvalue weighted by molar-refractivity contribution is 6.21. The maximum atomic E-state index is 4.85. The van der Waals surface area contributed by atoms with Crippen LogP contribution in [0.3, 0.4) is 0 Å². The second-order valence-electron chi connectivity index (χ2n) is 11.1. The summed E-state index contributed by atoms with van der Waals surface area (Å²) >= 11 is 0. The first kappa shape index (κ1) is 25.1. The van der Waals surface area contributed by atoms with Gasteiger partial charge in [0.1, 0.15) is 0 Å². The van der Waals surface area contributed by atoms with Gasteiger partial charge in [-0.3, -0.25) is 9.97 Å². The van der Waals surface area contributed by atoms with Crippen molar-refractivity contribution in [2.75, 3.05) is 0 Å². The molecule has 0 saturated carbocycles. The van der Waals surface area contributed by atoms with E-state index in [1.165, 1.54) is 54.6 Å². The van der Waals surface area contributed by atoms with Gasteiger partial charge in [-0.25, -0.2) is 0 Å². The van der Waals surface area contributed by atoms with E-state index in [1.54, 1.807) is 6.20 Å². The lowest BCUT2D eigenvalue weighted by Crippen LogP contribution is -1.92. The zero-order chi connectivity index (χ0) is 28.8. The lowest BCUT2D eigenvalue weighted by molar-refractivity contribution is 1.24. The van der Waals surface area contributed by atoms with Gasteiger partial charge in [0.2, 0.25) is 0 Å². The molecule has 8 aromatic rings. The molecule has 0 N–H and O–H groups in total. The van der Waals surface area contributed by atoms with E-state index in [1.807, 2.05) is 18.5 Å². The van der Waals surface area contributed by atoms with Crippen LogP contribution >= 0.6 is 0 Å². The number of pyridine rings is 2. The molecule has 43 heavy (non-hydrogen) atoms. The molecule has 8 rings (SSSR count). The molecule has 0 saturated heterocycles. The molecule has 0 aliphatic carbocycles. The fraction of sp³-hybridized carbons (Fsp3) is 0.0244. The quantitative estimate of drug-likeness (QED) is 0.204. The molecule has 0 atom stereocenters. The van der Waals surface area contributed by atoms with Gasteiger partial charge < -0.3 is 0 Å². The third-order valence-corrected chi connectivity index (χ3v) is 8.47. The van der Waals surface area contributed by atoms with Crippen molar-refractivity contribution >= 4 is 32.3 Å². The summed E-state index contributed by atoms with van der Waals surface area (Å²) < 4.78 is 0. The molecule has 2 heterocycles. The Morgan fingerprint density at radius 2 is 1.02 bits per heavy atom. The van der Waals surface area contributed by atoms with E-state index in [0.717, 1.165) is 27.9 Å². The van der Waals surface area contributed by atoms with Crippen molar-refractivity contribution in [2.45, 2.75) is 6.92 Å². The summed E-state index contributed by atoms with van der Waals surface area (Å²) in [6.45, 7) is 2.12. The number of benzene rings is 6. The van der Waals surface area contributed by atoms with Crippen molar-refractivity contribution in [1.82, 2.24) is 9.97 Å². The highest BCUT2D eigenvalue weighted by atomic mass is 14.7. The summed E-state index contributed by atoms with van der Waals surface area (Å²) in [6.07, 6.45) is 5.64. The van der Waals surface area contributed by atoms with Crippen LogP contribution in [0.15, 0.2) is 152 Å². The van der Waals surface area contributed by atoms with Crippen molar-refractivity contribution < 1.29 is 0 Å². The van der Waals surface area contributed by atoms with Crippen molar-refractivity contribution in [3.8, 4) is 44.6 Å². The summed E-state index contributed by atoms with van der Waals surface area (Å²) in [4.78, 5) is 9.13. The Morgan fingerprint density at radius 3 is 1.67 bits per heavy atom. The Labute approximate surface area is 251 Å². The third kappa shape index (κ3) is 4.36. The van der Waals surface area contributed by atoms with Gasteiger partial charge in [-0.15, -0.1) is 0 Å². The molecular formula is C41H28N2. The molecule has 2 heteroatoms. The highest BCUT2D eigenvalue weighted by Crippen LogP contribution is 2.44. The fourth-order valence-corrected chi connectivity index (χ4v) is 6.49. The number of aromatic nitrogens is 2. The van der Waals surface area contributed by atoms with E-state index in [-0.39, 0.29) is 0 Å². The molecule has 2 aromatic heterocycles. The van der Waals surface area contributed by atoms with Crippen molar-refractivity contribution in [2.24, 2.45) is 0 Å². The minimum absolute atomic E-state index is 0.967. The zero-order valence-electron chi connectivity index (χ0n) is 23.8. The van der Waals surface area contributed by atoms with E-state index in [9.17, 15) is 0 Å². The number of aryl methyl sites for hydroxylation is 1. The molecule has 0 bridgehead atoms. The first-order chi connectivity index (χ1) is 21.2. The van der Waals surface area contributed by atoms with Crippen LogP contribution < -0.4 is 0 Å². The summed E-state index contributed by atoms with van der Waals surface area (Å²) in [5, 5.41) is 7.53. The predicted octanol–water partition coefficient (Wildman–Crippen LogP) is 10.9. The van der Waals surface area contributed by atoms with Gasteiger partial charge >= 0.3 is 0 Å². The number of fused-ring (bicyclic) bond motifs is 3. The Kier molecular flexibility index (Phi) is 6.05. The first-order valence-corrected chi connectivity index (χ1v) is 14.6. The van der Waals surface area contributed by atoms with Gasteiger partial charge in [0.25, 0.3) is 0 Å². The van der Waals surface area contributed by atoms with E-state index < -0.39 is 0 Å². The van der Waals surface area contributed by atoms with Crippen molar-refractivity contribution in [3.63, 3.8) is 0 Å². The average molecular weight is 549 g/mol. The molecule has 0 amide bonds. The molecule has 0 spiro atoms. The number of hydrogen-bond donors (Lipinski definition) is 0. The third-order valence-electron chi connectivity index (χ3n) is 8.47. The summed E-state index contributed by atoms with van der Waals surface area (Å²) in [7, 11) is 0. The standard InChI is InChI=1S/C41H28N2/c1-27-22-34(26-43-41(27)33-14-9-21-42-25-33)30-12-8-13-31(24-30)39-35-15-4-6-17-37(35)40(38-18-7-5-16-36(38)39)32-20-19-28-10-2-3-11-29(28)23-32/h2-26H,1H3. The minimum Gasteiger partial charge on any atom is -0.264 e. The van der Waals surface area contributed by atoms with E-state index in [0.29, 0.717) is 0 Å². The Morgan fingerprint density at radius 1 is 0.419 bits per heavy atom. The maximum Gasteiger partial charge on any atom is 0.0747 e. The molecule has 0 radical (unpaired) electrons. The van der Waals surface area contributed by atoms with Gasteiger partial charge in [0.05, 0.1) is 5.69 Å². The van der Waals surface area contributed by atoms with Crippen LogP contribution in [0.2, 0.25) is 0 Å². The minimum atomic E-state index is 0.967. The molecule has 202 valence electrons. The van der Waals surface area contributed by atoms with Crippen LogP contribution in [0, 0.1) is 6.92 Å². The molecule has 0 fully saturated rings. The number of rotatable bonds is 4. The van der Waals surface area contributed by atoms with E-state index in [2.05, 4.69) is 139 Å². The van der Waals surface area contributed by atoms with Crippen LogP contribution in [0.25, 0.3) is 77.0 Å². The van der Waals surface area contributed by atoms with Gasteiger partial charge in [0.15, 0.2) is 0 Å². The molecular weight excluding hydrogens is 520 g/mol. The predicted molar refractivity (Wildman–Crippen MR) is 181 cm³/mol. The van der Waals surface area contributed by atoms with Crippen LogP contribution in [-0.4, -0.2) is 9.97 Å². The van der Waals surface area contributed by atoms with Crippen LogP contribution in [0.4, 0.5) is 0 Å². The molecule has 0 aliphatic rings. The molecule has 0 unspecified atom stereocenters. The SMILES string of the molecule is Cc1cc(-c2cccc(-c3c4ccccc4c(-c4ccc5ccccc5c4)c4ccccc34)c2)cnc1-c1cccnc1. The Bertz CT molecular complexity index is 2240. The van der Waals surface area contributed by atoms with Gasteiger partial charge in [-0.05, 0) is 103 Å². The second kappa shape index (κ2) is 10.3. The highest BCUT2D eigenvalue weighted by Gasteiger charge is 2.17. The molecule has 0 aliphatic heterocycles. The maximum absolute atomic E-state index is 4.85. The topological polar surface area (TPSA) is 25.8 Å². The lowest BCUT2D eigenvalue weighted by Gasteiger charge is -2.18. The van der Waals surface area contributed by atoms with Crippen molar-refractivity contribution in [1.29, 1.82) is 0 Å². The first-order valence-electron chi connectivity index (χ1n) is 14.6. The normalized spacial score (nSPS) is 11.4.